The predicted octanol–water partition coefficient (Wildman–Crippen LogP) is 4.32. The van der Waals surface area contributed by atoms with Gasteiger partial charge in [0.05, 0.1) is 11.2 Å². The SMILES string of the molecule is Cc1cc(Nc2cc(Cc3ccc(F)cc3N)nc3ccccc23)n[nH]1. The molecule has 0 fully saturated rings. The molecule has 0 unspecified atom stereocenters. The Labute approximate surface area is 150 Å². The van der Waals surface area contributed by atoms with E-state index in [0.29, 0.717) is 12.1 Å². The number of benzene rings is 2. The van der Waals surface area contributed by atoms with Gasteiger partial charge >= 0.3 is 0 Å². The zero-order chi connectivity index (χ0) is 18.1. The van der Waals surface area contributed by atoms with Gasteiger partial charge in [-0.2, -0.15) is 5.10 Å². The van der Waals surface area contributed by atoms with Gasteiger partial charge in [0, 0.05) is 34.9 Å². The summed E-state index contributed by atoms with van der Waals surface area (Å²) in [4.78, 5) is 4.72. The lowest BCUT2D eigenvalue weighted by Gasteiger charge is -2.11. The molecule has 2 heterocycles. The lowest BCUT2D eigenvalue weighted by atomic mass is 10.0. The molecule has 0 saturated heterocycles. The largest absolute Gasteiger partial charge is 0.398 e. The highest BCUT2D eigenvalue weighted by Crippen LogP contribution is 2.27. The molecule has 0 bridgehead atoms. The van der Waals surface area contributed by atoms with Crippen LogP contribution in [0.15, 0.2) is 54.6 Å². The zero-order valence-electron chi connectivity index (χ0n) is 14.3. The molecule has 4 rings (SSSR count). The van der Waals surface area contributed by atoms with Crippen LogP contribution in [-0.4, -0.2) is 15.2 Å². The fraction of sp³-hybridized carbons (Fsp3) is 0.100. The summed E-state index contributed by atoms with van der Waals surface area (Å²) in [5, 5.41) is 11.5. The Balaban J connectivity index is 1.75. The van der Waals surface area contributed by atoms with Gasteiger partial charge in [-0.15, -0.1) is 0 Å². The van der Waals surface area contributed by atoms with E-state index in [9.17, 15) is 4.39 Å². The highest BCUT2D eigenvalue weighted by molar-refractivity contribution is 5.93. The Kier molecular flexibility index (Phi) is 4.01. The second-order valence-corrected chi connectivity index (χ2v) is 6.26. The number of hydrogen-bond donors (Lipinski definition) is 3. The highest BCUT2D eigenvalue weighted by atomic mass is 19.1. The molecule has 0 saturated carbocycles. The van der Waals surface area contributed by atoms with Gasteiger partial charge < -0.3 is 11.1 Å². The molecule has 0 aliphatic rings. The first-order valence-corrected chi connectivity index (χ1v) is 8.30. The third-order valence-corrected chi connectivity index (χ3v) is 4.22. The topological polar surface area (TPSA) is 79.6 Å². The van der Waals surface area contributed by atoms with Crippen LogP contribution in [0.25, 0.3) is 10.9 Å². The molecule has 6 heteroatoms. The summed E-state index contributed by atoms with van der Waals surface area (Å²) in [6.07, 6.45) is 0.519. The fourth-order valence-electron chi connectivity index (χ4n) is 2.97. The van der Waals surface area contributed by atoms with Gasteiger partial charge in [-0.1, -0.05) is 24.3 Å². The molecule has 4 aromatic rings. The lowest BCUT2D eigenvalue weighted by Crippen LogP contribution is -2.01. The summed E-state index contributed by atoms with van der Waals surface area (Å²) in [6.45, 7) is 1.95. The number of nitrogens with one attached hydrogen (secondary N) is 2. The number of rotatable bonds is 4. The molecule has 5 nitrogen and oxygen atoms in total. The summed E-state index contributed by atoms with van der Waals surface area (Å²) in [7, 11) is 0. The Morgan fingerprint density at radius 2 is 1.96 bits per heavy atom. The molecule has 26 heavy (non-hydrogen) atoms. The molecular weight excluding hydrogens is 329 g/mol. The standard InChI is InChI=1S/C20H18FN5/c1-12-8-20(26-25-12)24-19-11-15(23-18-5-3-2-4-16(18)19)9-13-6-7-14(21)10-17(13)22/h2-8,10-11H,9,22H2,1H3,(H2,23,24,25,26). The van der Waals surface area contributed by atoms with E-state index < -0.39 is 0 Å². The second kappa shape index (κ2) is 6.48. The number of nitrogens with zero attached hydrogens (tertiary/aromatic N) is 2. The molecule has 0 radical (unpaired) electrons. The molecule has 0 aliphatic carbocycles. The molecule has 0 amide bonds. The van der Waals surface area contributed by atoms with Crippen molar-refractivity contribution >= 4 is 28.1 Å². The summed E-state index contributed by atoms with van der Waals surface area (Å²) in [5.74, 6) is 0.403. The summed E-state index contributed by atoms with van der Waals surface area (Å²) < 4.78 is 13.3. The van der Waals surface area contributed by atoms with Crippen LogP contribution in [0.1, 0.15) is 17.0 Å². The van der Waals surface area contributed by atoms with E-state index in [-0.39, 0.29) is 5.82 Å². The first-order chi connectivity index (χ1) is 12.6. The fourth-order valence-corrected chi connectivity index (χ4v) is 2.97. The van der Waals surface area contributed by atoms with Crippen LogP contribution in [-0.2, 0) is 6.42 Å². The maximum atomic E-state index is 13.3. The number of halogens is 1. The third-order valence-electron chi connectivity index (χ3n) is 4.22. The molecule has 2 aromatic carbocycles. The Hall–Kier alpha value is -3.41. The number of nitrogens with two attached hydrogens (primary N) is 1. The Morgan fingerprint density at radius 1 is 1.12 bits per heavy atom. The van der Waals surface area contributed by atoms with E-state index in [1.54, 1.807) is 6.07 Å². The number of para-hydroxylation sites is 1. The third kappa shape index (κ3) is 3.21. The highest BCUT2D eigenvalue weighted by Gasteiger charge is 2.10. The smallest absolute Gasteiger partial charge is 0.152 e. The normalized spacial score (nSPS) is 11.0. The van der Waals surface area contributed by atoms with Crippen molar-refractivity contribution in [3.8, 4) is 0 Å². The van der Waals surface area contributed by atoms with E-state index >= 15 is 0 Å². The van der Waals surface area contributed by atoms with Gasteiger partial charge in [0.1, 0.15) is 5.82 Å². The molecule has 0 aliphatic heterocycles. The van der Waals surface area contributed by atoms with Crippen molar-refractivity contribution in [1.29, 1.82) is 0 Å². The van der Waals surface area contributed by atoms with E-state index in [2.05, 4.69) is 15.5 Å². The molecule has 4 N–H and O–H groups in total. The van der Waals surface area contributed by atoms with Crippen molar-refractivity contribution in [3.63, 3.8) is 0 Å². The molecule has 0 spiro atoms. The summed E-state index contributed by atoms with van der Waals surface area (Å²) >= 11 is 0. The van der Waals surface area contributed by atoms with Crippen LogP contribution in [0, 0.1) is 12.7 Å². The number of fused-ring (bicyclic) bond motifs is 1. The van der Waals surface area contributed by atoms with Crippen molar-refractivity contribution in [2.24, 2.45) is 0 Å². The van der Waals surface area contributed by atoms with E-state index in [1.807, 2.05) is 43.3 Å². The summed E-state index contributed by atoms with van der Waals surface area (Å²) in [6, 6.07) is 16.3. The van der Waals surface area contributed by atoms with Gasteiger partial charge in [-0.05, 0) is 36.8 Å². The Bertz CT molecular complexity index is 1090. The van der Waals surface area contributed by atoms with Crippen molar-refractivity contribution in [2.45, 2.75) is 13.3 Å². The van der Waals surface area contributed by atoms with Gasteiger partial charge in [-0.3, -0.25) is 10.1 Å². The van der Waals surface area contributed by atoms with Gasteiger partial charge in [-0.25, -0.2) is 4.39 Å². The number of pyridine rings is 1. The number of anilines is 3. The van der Waals surface area contributed by atoms with E-state index in [4.69, 9.17) is 10.7 Å². The molecule has 2 aromatic heterocycles. The first-order valence-electron chi connectivity index (χ1n) is 8.30. The zero-order valence-corrected chi connectivity index (χ0v) is 14.3. The maximum Gasteiger partial charge on any atom is 0.152 e. The van der Waals surface area contributed by atoms with E-state index in [0.717, 1.165) is 39.4 Å². The van der Waals surface area contributed by atoms with Gasteiger partial charge in [0.15, 0.2) is 5.82 Å². The molecule has 130 valence electrons. The maximum absolute atomic E-state index is 13.3. The van der Waals surface area contributed by atoms with E-state index in [1.165, 1.54) is 12.1 Å². The lowest BCUT2D eigenvalue weighted by molar-refractivity contribution is 0.628. The molecule has 0 atom stereocenters. The van der Waals surface area contributed by atoms with Crippen molar-refractivity contribution in [2.75, 3.05) is 11.1 Å². The predicted molar refractivity (Wildman–Crippen MR) is 102 cm³/mol. The van der Waals surface area contributed by atoms with Crippen molar-refractivity contribution < 1.29 is 4.39 Å². The minimum Gasteiger partial charge on any atom is -0.398 e. The van der Waals surface area contributed by atoms with Crippen molar-refractivity contribution in [1.82, 2.24) is 15.2 Å². The number of nitrogen functional groups attached to an aromatic ring is 1. The summed E-state index contributed by atoms with van der Waals surface area (Å²) in [5.41, 5.74) is 10.8. The van der Waals surface area contributed by atoms with Gasteiger partial charge in [0.2, 0.25) is 0 Å². The van der Waals surface area contributed by atoms with Crippen LogP contribution in [0.3, 0.4) is 0 Å². The second-order valence-electron chi connectivity index (χ2n) is 6.26. The number of aromatic amines is 1. The number of H-pyrrole nitrogens is 1. The minimum absolute atomic E-state index is 0.339. The van der Waals surface area contributed by atoms with Crippen LogP contribution >= 0.6 is 0 Å². The van der Waals surface area contributed by atoms with Crippen LogP contribution < -0.4 is 11.1 Å². The number of aryl methyl sites for hydroxylation is 1. The quantitative estimate of drug-likeness (QED) is 0.480. The average Bonchev–Trinajstić information content (AvgIpc) is 3.02. The van der Waals surface area contributed by atoms with Crippen LogP contribution in [0.5, 0.6) is 0 Å². The average molecular weight is 347 g/mol. The van der Waals surface area contributed by atoms with Gasteiger partial charge in [0.25, 0.3) is 0 Å². The number of hydrogen-bond acceptors (Lipinski definition) is 4. The Morgan fingerprint density at radius 3 is 2.73 bits per heavy atom. The monoisotopic (exact) mass is 347 g/mol. The van der Waals surface area contributed by atoms with Crippen LogP contribution in [0.2, 0.25) is 0 Å². The molecular formula is C20H18FN5. The minimum atomic E-state index is -0.339. The first kappa shape index (κ1) is 16.1. The number of aromatic nitrogens is 3. The van der Waals surface area contributed by atoms with Crippen molar-refractivity contribution in [3.05, 3.63) is 77.4 Å². The van der Waals surface area contributed by atoms with Crippen LogP contribution in [0.4, 0.5) is 21.6 Å².